The molecule has 1 N–H and O–H groups in total. The second kappa shape index (κ2) is 7.59. The van der Waals surface area contributed by atoms with Crippen LogP contribution in [0.25, 0.3) is 32.8 Å². The van der Waals surface area contributed by atoms with Crippen LogP contribution < -0.4 is 5.56 Å². The molecule has 0 aliphatic carbocycles. The summed E-state index contributed by atoms with van der Waals surface area (Å²) in [6, 6.07) is 24.1. The fourth-order valence-corrected chi connectivity index (χ4v) is 4.64. The van der Waals surface area contributed by atoms with Gasteiger partial charge in [-0.15, -0.1) is 11.3 Å². The third-order valence-corrected chi connectivity index (χ3v) is 6.74. The molecular weight excluding hydrogens is 432 g/mol. The minimum Gasteiger partial charge on any atom is -0.321 e. The van der Waals surface area contributed by atoms with Gasteiger partial charge in [-0.3, -0.25) is 4.79 Å². The Morgan fingerprint density at radius 3 is 2.21 bits per heavy atom. The van der Waals surface area contributed by atoms with Gasteiger partial charge in [-0.1, -0.05) is 54.6 Å². The Bertz CT molecular complexity index is 1230. The van der Waals surface area contributed by atoms with E-state index in [2.05, 4.69) is 33.0 Å². The van der Waals surface area contributed by atoms with Gasteiger partial charge in [0.25, 0.3) is 5.56 Å². The highest BCUT2D eigenvalue weighted by molar-refractivity contribution is 9.10. The molecule has 0 unspecified atom stereocenters. The Kier molecular flexibility index (Phi) is 4.99. The molecule has 0 bridgehead atoms. The number of benzene rings is 2. The van der Waals surface area contributed by atoms with E-state index < -0.39 is 0 Å². The molecule has 0 aliphatic rings. The van der Waals surface area contributed by atoms with Gasteiger partial charge in [0, 0.05) is 25.5 Å². The summed E-state index contributed by atoms with van der Waals surface area (Å²) < 4.78 is 0.977. The van der Waals surface area contributed by atoms with Crippen molar-refractivity contribution in [2.45, 2.75) is 6.92 Å². The largest absolute Gasteiger partial charge is 0.321 e. The van der Waals surface area contributed by atoms with Gasteiger partial charge in [-0.2, -0.15) is 5.26 Å². The molecule has 2 aromatic heterocycles. The molecule has 0 fully saturated rings. The van der Waals surface area contributed by atoms with E-state index in [9.17, 15) is 10.1 Å². The van der Waals surface area contributed by atoms with E-state index in [4.69, 9.17) is 0 Å². The van der Waals surface area contributed by atoms with E-state index in [1.807, 2.05) is 67.6 Å². The van der Waals surface area contributed by atoms with E-state index in [-0.39, 0.29) is 11.1 Å². The van der Waals surface area contributed by atoms with Crippen molar-refractivity contribution in [3.05, 3.63) is 92.0 Å². The summed E-state index contributed by atoms with van der Waals surface area (Å²) in [6.07, 6.45) is 0. The summed E-state index contributed by atoms with van der Waals surface area (Å²) in [7, 11) is 0. The third kappa shape index (κ3) is 3.45. The van der Waals surface area contributed by atoms with Crippen molar-refractivity contribution < 1.29 is 0 Å². The highest BCUT2D eigenvalue weighted by Crippen LogP contribution is 2.36. The van der Waals surface area contributed by atoms with E-state index in [1.165, 1.54) is 0 Å². The van der Waals surface area contributed by atoms with Crippen LogP contribution in [0.3, 0.4) is 0 Å². The summed E-state index contributed by atoms with van der Waals surface area (Å²) in [5, 5.41) is 9.48. The summed E-state index contributed by atoms with van der Waals surface area (Å²) in [5.41, 5.74) is 4.27. The number of rotatable bonds is 3. The van der Waals surface area contributed by atoms with Crippen molar-refractivity contribution in [1.82, 2.24) is 4.98 Å². The molecule has 3 nitrogen and oxygen atoms in total. The van der Waals surface area contributed by atoms with Crippen molar-refractivity contribution in [1.29, 1.82) is 5.26 Å². The lowest BCUT2D eigenvalue weighted by Crippen LogP contribution is -2.12. The standard InChI is InChI=1S/C23H15BrN2OS/c1-14-20(24)12-22(28-14)18-11-21(26-23(27)19(18)13-25)17-9-7-16(8-10-17)15-5-3-2-4-6-15/h2-12H,1H3,(H,26,27). The number of aryl methyl sites for hydroxylation is 1. The first-order valence-electron chi connectivity index (χ1n) is 8.66. The zero-order valence-electron chi connectivity index (χ0n) is 15.0. The molecule has 28 heavy (non-hydrogen) atoms. The normalized spacial score (nSPS) is 10.6. The summed E-state index contributed by atoms with van der Waals surface area (Å²) in [5.74, 6) is 0. The van der Waals surface area contributed by atoms with Gasteiger partial charge in [0.2, 0.25) is 0 Å². The molecule has 2 aromatic carbocycles. The lowest BCUT2D eigenvalue weighted by molar-refractivity contribution is 1.22. The minimum atomic E-state index is -0.371. The molecule has 136 valence electrons. The first-order chi connectivity index (χ1) is 13.6. The fourth-order valence-electron chi connectivity index (χ4n) is 3.09. The average Bonchev–Trinajstić information content (AvgIpc) is 3.06. The number of pyridine rings is 1. The average molecular weight is 447 g/mol. The molecule has 0 saturated carbocycles. The van der Waals surface area contributed by atoms with Crippen molar-refractivity contribution in [2.75, 3.05) is 0 Å². The van der Waals surface area contributed by atoms with Crippen LogP contribution in [0.5, 0.6) is 0 Å². The second-order valence-corrected chi connectivity index (χ2v) is 8.48. The smallest absolute Gasteiger partial charge is 0.267 e. The Labute approximate surface area is 175 Å². The van der Waals surface area contributed by atoms with Crippen LogP contribution in [0.2, 0.25) is 0 Å². The quantitative estimate of drug-likeness (QED) is 0.396. The van der Waals surface area contributed by atoms with E-state index in [0.717, 1.165) is 30.9 Å². The highest BCUT2D eigenvalue weighted by Gasteiger charge is 2.15. The number of hydrogen-bond acceptors (Lipinski definition) is 3. The molecule has 0 saturated heterocycles. The SMILES string of the molecule is Cc1sc(-c2cc(-c3ccc(-c4ccccc4)cc3)[nH]c(=O)c2C#N)cc1Br. The molecule has 4 aromatic rings. The van der Waals surface area contributed by atoms with Crippen LogP contribution >= 0.6 is 27.3 Å². The van der Waals surface area contributed by atoms with Crippen molar-refractivity contribution in [3.63, 3.8) is 0 Å². The van der Waals surface area contributed by atoms with Crippen molar-refractivity contribution >= 4 is 27.3 Å². The van der Waals surface area contributed by atoms with Crippen LogP contribution in [0.4, 0.5) is 0 Å². The predicted octanol–water partition coefficient (Wildman–Crippen LogP) is 6.38. The van der Waals surface area contributed by atoms with Gasteiger partial charge in [0.1, 0.15) is 11.6 Å². The maximum Gasteiger partial charge on any atom is 0.267 e. The van der Waals surface area contributed by atoms with E-state index in [0.29, 0.717) is 11.3 Å². The Hall–Kier alpha value is -2.94. The van der Waals surface area contributed by atoms with Gasteiger partial charge in [-0.25, -0.2) is 0 Å². The lowest BCUT2D eigenvalue weighted by atomic mass is 10.0. The van der Waals surface area contributed by atoms with Crippen LogP contribution in [-0.4, -0.2) is 4.98 Å². The Morgan fingerprint density at radius 1 is 0.964 bits per heavy atom. The molecule has 0 radical (unpaired) electrons. The first-order valence-corrected chi connectivity index (χ1v) is 10.3. The number of aromatic amines is 1. The van der Waals surface area contributed by atoms with Crippen LogP contribution in [0, 0.1) is 18.3 Å². The minimum absolute atomic E-state index is 0.137. The zero-order chi connectivity index (χ0) is 19.7. The van der Waals surface area contributed by atoms with Crippen molar-refractivity contribution in [2.24, 2.45) is 0 Å². The van der Waals surface area contributed by atoms with Gasteiger partial charge >= 0.3 is 0 Å². The first kappa shape index (κ1) is 18.4. The van der Waals surface area contributed by atoms with E-state index >= 15 is 0 Å². The number of hydrogen-bond donors (Lipinski definition) is 1. The Balaban J connectivity index is 1.80. The molecule has 0 spiro atoms. The van der Waals surface area contributed by atoms with Crippen LogP contribution in [0.1, 0.15) is 10.4 Å². The van der Waals surface area contributed by atoms with Gasteiger partial charge in [0.15, 0.2) is 0 Å². The van der Waals surface area contributed by atoms with Gasteiger partial charge in [0.05, 0.1) is 0 Å². The molecule has 0 amide bonds. The van der Waals surface area contributed by atoms with Gasteiger partial charge in [-0.05, 0) is 51.7 Å². The van der Waals surface area contributed by atoms with E-state index in [1.54, 1.807) is 11.3 Å². The van der Waals surface area contributed by atoms with Crippen LogP contribution in [-0.2, 0) is 0 Å². The molecular formula is C23H15BrN2OS. The van der Waals surface area contributed by atoms with Crippen LogP contribution in [0.15, 0.2) is 76.0 Å². The monoisotopic (exact) mass is 446 g/mol. The summed E-state index contributed by atoms with van der Waals surface area (Å²) in [6.45, 7) is 2.00. The molecule has 0 atom stereocenters. The number of nitriles is 1. The van der Waals surface area contributed by atoms with Gasteiger partial charge < -0.3 is 4.98 Å². The molecule has 2 heterocycles. The Morgan fingerprint density at radius 2 is 1.61 bits per heavy atom. The van der Waals surface area contributed by atoms with Crippen molar-refractivity contribution in [3.8, 4) is 38.9 Å². The zero-order valence-corrected chi connectivity index (χ0v) is 17.4. The number of thiophene rings is 1. The predicted molar refractivity (Wildman–Crippen MR) is 118 cm³/mol. The number of halogens is 1. The molecule has 0 aliphatic heterocycles. The number of aromatic nitrogens is 1. The molecule has 5 heteroatoms. The number of H-pyrrole nitrogens is 1. The fraction of sp³-hybridized carbons (Fsp3) is 0.0435. The number of nitrogens with zero attached hydrogens (tertiary/aromatic N) is 1. The summed E-state index contributed by atoms with van der Waals surface area (Å²) >= 11 is 5.07. The third-order valence-electron chi connectivity index (χ3n) is 4.57. The molecule has 4 rings (SSSR count). The highest BCUT2D eigenvalue weighted by atomic mass is 79.9. The lowest BCUT2D eigenvalue weighted by Gasteiger charge is -2.08. The summed E-state index contributed by atoms with van der Waals surface area (Å²) in [4.78, 5) is 17.4. The number of nitrogens with one attached hydrogen (secondary N) is 1. The maximum atomic E-state index is 12.5. The maximum absolute atomic E-state index is 12.5. The second-order valence-electron chi connectivity index (χ2n) is 6.37. The topological polar surface area (TPSA) is 56.6 Å².